The molecule has 0 radical (unpaired) electrons. The van der Waals surface area contributed by atoms with E-state index in [-0.39, 0.29) is 17.5 Å². The topological polar surface area (TPSA) is 68.1 Å². The van der Waals surface area contributed by atoms with Gasteiger partial charge in [0.15, 0.2) is 5.78 Å². The van der Waals surface area contributed by atoms with E-state index in [0.29, 0.717) is 43.8 Å². The third-order valence-corrected chi connectivity index (χ3v) is 5.23. The van der Waals surface area contributed by atoms with Crippen LogP contribution in [0.4, 0.5) is 0 Å². The van der Waals surface area contributed by atoms with Gasteiger partial charge in [-0.05, 0) is 38.3 Å². The molecule has 0 amide bonds. The Balaban J connectivity index is 1.98. The van der Waals surface area contributed by atoms with Crippen LogP contribution in [-0.4, -0.2) is 29.8 Å². The van der Waals surface area contributed by atoms with Crippen LogP contribution in [0.2, 0.25) is 0 Å². The Morgan fingerprint density at radius 1 is 1.31 bits per heavy atom. The molecule has 1 unspecified atom stereocenters. The van der Waals surface area contributed by atoms with Crippen molar-refractivity contribution in [1.29, 1.82) is 0 Å². The fraction of sp³-hybridized carbons (Fsp3) is 0.524. The van der Waals surface area contributed by atoms with Crippen LogP contribution in [-0.2, 0) is 16.1 Å². The Morgan fingerprint density at radius 2 is 2.08 bits per heavy atom. The highest BCUT2D eigenvalue weighted by Crippen LogP contribution is 2.44. The summed E-state index contributed by atoms with van der Waals surface area (Å²) in [6, 6.07) is 2.16. The number of aryl methyl sites for hydroxylation is 2. The number of ether oxygens (including phenoxy) is 1. The molecule has 0 saturated carbocycles. The molecule has 0 saturated heterocycles. The number of aliphatic hydroxyl groups is 1. The van der Waals surface area contributed by atoms with Gasteiger partial charge in [0.1, 0.15) is 18.1 Å². The molecule has 0 aromatic heterocycles. The number of carbonyl (C=O) groups is 1. The maximum absolute atomic E-state index is 12.8. The van der Waals surface area contributed by atoms with E-state index in [2.05, 4.69) is 25.1 Å². The van der Waals surface area contributed by atoms with Crippen LogP contribution < -0.4 is 4.74 Å². The monoisotopic (exact) mass is 357 g/mol. The van der Waals surface area contributed by atoms with Crippen LogP contribution in [0.15, 0.2) is 22.6 Å². The number of ketones is 1. The van der Waals surface area contributed by atoms with Gasteiger partial charge in [-0.25, -0.2) is 0 Å². The van der Waals surface area contributed by atoms with Gasteiger partial charge in [-0.2, -0.15) is 0 Å². The quantitative estimate of drug-likeness (QED) is 0.630. The Bertz CT molecular complexity index is 792. The molecular weight excluding hydrogens is 330 g/mol. The molecule has 3 rings (SSSR count). The van der Waals surface area contributed by atoms with Gasteiger partial charge in [-0.3, -0.25) is 4.79 Å². The molecule has 0 spiro atoms. The van der Waals surface area contributed by atoms with Crippen molar-refractivity contribution >= 4 is 11.5 Å². The third kappa shape index (κ3) is 3.22. The molecule has 2 aliphatic rings. The van der Waals surface area contributed by atoms with Crippen LogP contribution in [0.5, 0.6) is 5.75 Å². The number of fused-ring (bicyclic) bond motifs is 1. The Kier molecular flexibility index (Phi) is 5.35. The van der Waals surface area contributed by atoms with Crippen molar-refractivity contribution in [2.75, 3.05) is 13.2 Å². The Labute approximate surface area is 154 Å². The lowest BCUT2D eigenvalue weighted by atomic mass is 9.78. The maximum atomic E-state index is 12.8. The molecule has 0 fully saturated rings. The summed E-state index contributed by atoms with van der Waals surface area (Å²) < 4.78 is 5.91. The average Bonchev–Trinajstić information content (AvgIpc) is 3.07. The lowest BCUT2D eigenvalue weighted by molar-refractivity contribution is -0.116. The molecule has 1 aromatic carbocycles. The third-order valence-electron chi connectivity index (χ3n) is 5.23. The van der Waals surface area contributed by atoms with E-state index in [0.717, 1.165) is 23.3 Å². The first-order valence-corrected chi connectivity index (χ1v) is 9.38. The molecular formula is C21H27NO4. The molecule has 1 aliphatic heterocycles. The average molecular weight is 357 g/mol. The van der Waals surface area contributed by atoms with Gasteiger partial charge in [0.05, 0.1) is 17.9 Å². The fourth-order valence-corrected chi connectivity index (χ4v) is 4.10. The molecule has 1 atom stereocenters. The number of aliphatic hydroxyl groups excluding tert-OH is 1. The summed E-state index contributed by atoms with van der Waals surface area (Å²) in [4.78, 5) is 17.9. The molecule has 0 bridgehead atoms. The minimum absolute atomic E-state index is 0.0658. The second kappa shape index (κ2) is 7.52. The first-order chi connectivity index (χ1) is 12.5. The predicted molar refractivity (Wildman–Crippen MR) is 101 cm³/mol. The number of hydrogen-bond donors (Lipinski definition) is 1. The minimum Gasteiger partial charge on any atom is -0.511 e. The molecule has 140 valence electrons. The van der Waals surface area contributed by atoms with Crippen LogP contribution >= 0.6 is 0 Å². The van der Waals surface area contributed by atoms with Crippen molar-refractivity contribution in [3.63, 3.8) is 0 Å². The molecule has 26 heavy (non-hydrogen) atoms. The van der Waals surface area contributed by atoms with Crippen molar-refractivity contribution in [3.05, 3.63) is 39.7 Å². The van der Waals surface area contributed by atoms with Crippen LogP contribution in [0.3, 0.4) is 0 Å². The summed E-state index contributed by atoms with van der Waals surface area (Å²) in [7, 11) is 0. The maximum Gasteiger partial charge on any atom is 0.168 e. The van der Waals surface area contributed by atoms with E-state index >= 15 is 0 Å². The molecule has 1 N–H and O–H groups in total. The van der Waals surface area contributed by atoms with E-state index in [1.54, 1.807) is 0 Å². The summed E-state index contributed by atoms with van der Waals surface area (Å²) in [5.41, 5.74) is 5.52. The van der Waals surface area contributed by atoms with E-state index < -0.39 is 0 Å². The number of benzene rings is 1. The molecule has 5 nitrogen and oxygen atoms in total. The second-order valence-corrected chi connectivity index (χ2v) is 6.99. The van der Waals surface area contributed by atoms with Crippen LogP contribution in [0.25, 0.3) is 0 Å². The highest BCUT2D eigenvalue weighted by Gasteiger charge is 2.35. The molecule has 1 heterocycles. The number of oxime groups is 1. The zero-order chi connectivity index (χ0) is 18.8. The first kappa shape index (κ1) is 18.5. The van der Waals surface area contributed by atoms with Crippen molar-refractivity contribution in [2.24, 2.45) is 5.16 Å². The minimum atomic E-state index is -0.0780. The summed E-state index contributed by atoms with van der Waals surface area (Å²) in [5, 5.41) is 14.7. The predicted octanol–water partition coefficient (Wildman–Crippen LogP) is 4.30. The number of nitrogens with zero attached hydrogens (tertiary/aromatic N) is 1. The van der Waals surface area contributed by atoms with Gasteiger partial charge >= 0.3 is 0 Å². The molecule has 1 aromatic rings. The van der Waals surface area contributed by atoms with Crippen LogP contribution in [0, 0.1) is 13.8 Å². The smallest absolute Gasteiger partial charge is 0.168 e. The highest BCUT2D eigenvalue weighted by molar-refractivity contribution is 6.23. The highest BCUT2D eigenvalue weighted by atomic mass is 16.6. The van der Waals surface area contributed by atoms with E-state index in [9.17, 15) is 9.90 Å². The first-order valence-electron chi connectivity index (χ1n) is 9.38. The second-order valence-electron chi connectivity index (χ2n) is 6.99. The van der Waals surface area contributed by atoms with E-state index in [1.165, 1.54) is 11.1 Å². The summed E-state index contributed by atoms with van der Waals surface area (Å²) in [6.07, 6.45) is 2.22. The van der Waals surface area contributed by atoms with Gasteiger partial charge < -0.3 is 14.7 Å². The number of Topliss-reactive ketones (excluding diaryl/α,β-unsaturated/α-hetero) is 1. The standard InChI is InChI=1S/C21H27NO4/c1-5-16(22-26-6-2)20-17(23)10-14(11-18(20)24)19-13(4)9-12(3)15-7-8-25-21(15)19/h9,14,23H,5-8,10-11H2,1-4H3/b22-16-. The number of rotatable bonds is 5. The van der Waals surface area contributed by atoms with E-state index in [4.69, 9.17) is 9.57 Å². The number of allylic oxidation sites excluding steroid dienone is 2. The van der Waals surface area contributed by atoms with Crippen molar-refractivity contribution in [3.8, 4) is 5.75 Å². The largest absolute Gasteiger partial charge is 0.511 e. The lowest BCUT2D eigenvalue weighted by Gasteiger charge is -2.27. The zero-order valence-electron chi connectivity index (χ0n) is 16.0. The van der Waals surface area contributed by atoms with Gasteiger partial charge in [0.2, 0.25) is 0 Å². The van der Waals surface area contributed by atoms with Gasteiger partial charge in [-0.1, -0.05) is 18.1 Å². The number of carbonyl (C=O) groups excluding carboxylic acids is 1. The zero-order valence-corrected chi connectivity index (χ0v) is 16.0. The molecule has 5 heteroatoms. The lowest BCUT2D eigenvalue weighted by Crippen LogP contribution is -2.24. The van der Waals surface area contributed by atoms with Crippen molar-refractivity contribution in [2.45, 2.75) is 59.3 Å². The van der Waals surface area contributed by atoms with Gasteiger partial charge in [-0.15, -0.1) is 0 Å². The van der Waals surface area contributed by atoms with Crippen molar-refractivity contribution in [1.82, 2.24) is 0 Å². The van der Waals surface area contributed by atoms with Crippen molar-refractivity contribution < 1.29 is 19.5 Å². The summed E-state index contributed by atoms with van der Waals surface area (Å²) in [5.74, 6) is 0.892. The number of hydrogen-bond acceptors (Lipinski definition) is 5. The van der Waals surface area contributed by atoms with Crippen LogP contribution in [0.1, 0.15) is 61.3 Å². The fourth-order valence-electron chi connectivity index (χ4n) is 4.10. The normalized spacial score (nSPS) is 20.2. The Morgan fingerprint density at radius 3 is 2.73 bits per heavy atom. The summed E-state index contributed by atoms with van der Waals surface area (Å²) >= 11 is 0. The SMILES string of the molecule is CCO/N=C(/CC)C1=C(O)CC(c2c(C)cc(C)c3c2OCC3)CC1=O. The van der Waals surface area contributed by atoms with Gasteiger partial charge in [0.25, 0.3) is 0 Å². The van der Waals surface area contributed by atoms with E-state index in [1.807, 2.05) is 13.8 Å². The van der Waals surface area contributed by atoms with Gasteiger partial charge in [0, 0.05) is 36.3 Å². The summed E-state index contributed by atoms with van der Waals surface area (Å²) in [6.45, 7) is 9.01. The molecule has 1 aliphatic carbocycles. The Hall–Kier alpha value is -2.30.